The average Bonchev–Trinajstić information content (AvgIpc) is 3.62. The Hall–Kier alpha value is -3.78. The standard InChI is InChI=1S/C25H24N2O5S/c1-30-19-10-8-18(9-11-19)16-26-25(29)24(22-7-3-13-32-22)27(17-20-5-2-12-31-20)23(28)15-21-6-4-14-33-21/h2-14,24H,15-17H2,1H3,(H,26,29)/t24-/m1/s1. The van der Waals surface area contributed by atoms with Gasteiger partial charge in [0.1, 0.15) is 17.3 Å². The summed E-state index contributed by atoms with van der Waals surface area (Å²) in [4.78, 5) is 29.2. The van der Waals surface area contributed by atoms with Gasteiger partial charge in [0, 0.05) is 11.4 Å². The highest BCUT2D eigenvalue weighted by Gasteiger charge is 2.34. The fraction of sp³-hybridized carbons (Fsp3) is 0.200. The molecule has 4 rings (SSSR count). The topological polar surface area (TPSA) is 84.9 Å². The first-order valence-corrected chi connectivity index (χ1v) is 11.3. The zero-order chi connectivity index (χ0) is 23.0. The van der Waals surface area contributed by atoms with Crippen LogP contribution in [0.15, 0.2) is 87.4 Å². The predicted octanol–water partition coefficient (Wildman–Crippen LogP) is 4.57. The van der Waals surface area contributed by atoms with Gasteiger partial charge in [-0.3, -0.25) is 9.59 Å². The highest BCUT2D eigenvalue weighted by molar-refractivity contribution is 7.10. The number of furan rings is 2. The Bertz CT molecular complexity index is 1140. The van der Waals surface area contributed by atoms with Gasteiger partial charge in [-0.05, 0) is 53.4 Å². The fourth-order valence-corrected chi connectivity index (χ4v) is 4.15. The molecule has 1 atom stereocenters. The number of carbonyl (C=O) groups is 2. The summed E-state index contributed by atoms with van der Waals surface area (Å²) in [5.74, 6) is 1.16. The SMILES string of the molecule is COc1ccc(CNC(=O)[C@@H](c2ccco2)N(Cc2ccco2)C(=O)Cc2cccs2)cc1. The van der Waals surface area contributed by atoms with Crippen LogP contribution < -0.4 is 10.1 Å². The van der Waals surface area contributed by atoms with E-state index in [2.05, 4.69) is 5.32 Å². The van der Waals surface area contributed by atoms with Crippen molar-refractivity contribution in [3.63, 3.8) is 0 Å². The summed E-state index contributed by atoms with van der Waals surface area (Å²) in [5, 5.41) is 4.86. The van der Waals surface area contributed by atoms with Crippen molar-refractivity contribution < 1.29 is 23.2 Å². The van der Waals surface area contributed by atoms with Crippen LogP contribution in [-0.2, 0) is 29.1 Å². The molecule has 0 bridgehead atoms. The smallest absolute Gasteiger partial charge is 0.251 e. The molecule has 2 amide bonds. The minimum atomic E-state index is -0.948. The highest BCUT2D eigenvalue weighted by Crippen LogP contribution is 2.26. The van der Waals surface area contributed by atoms with E-state index in [9.17, 15) is 9.59 Å². The molecule has 170 valence electrons. The van der Waals surface area contributed by atoms with Gasteiger partial charge in [-0.2, -0.15) is 0 Å². The maximum Gasteiger partial charge on any atom is 0.251 e. The summed E-state index contributed by atoms with van der Waals surface area (Å²) < 4.78 is 16.2. The van der Waals surface area contributed by atoms with Gasteiger partial charge < -0.3 is 23.8 Å². The Labute approximate surface area is 195 Å². The summed E-state index contributed by atoms with van der Waals surface area (Å²) in [6.45, 7) is 0.437. The zero-order valence-corrected chi connectivity index (χ0v) is 18.9. The van der Waals surface area contributed by atoms with E-state index in [1.807, 2.05) is 41.8 Å². The van der Waals surface area contributed by atoms with Crippen LogP contribution in [0.2, 0.25) is 0 Å². The molecule has 0 radical (unpaired) electrons. The third-order valence-corrected chi connectivity index (χ3v) is 6.01. The van der Waals surface area contributed by atoms with Crippen LogP contribution in [0.4, 0.5) is 0 Å². The molecule has 0 saturated heterocycles. The molecular formula is C25H24N2O5S. The second kappa shape index (κ2) is 10.7. The number of hydrogen-bond acceptors (Lipinski definition) is 6. The third kappa shape index (κ3) is 5.72. The molecule has 4 aromatic rings. The average molecular weight is 465 g/mol. The van der Waals surface area contributed by atoms with Crippen LogP contribution in [-0.4, -0.2) is 23.8 Å². The van der Waals surface area contributed by atoms with E-state index in [1.54, 1.807) is 37.6 Å². The van der Waals surface area contributed by atoms with Crippen LogP contribution in [0.5, 0.6) is 5.75 Å². The quantitative estimate of drug-likeness (QED) is 0.372. The third-order valence-electron chi connectivity index (χ3n) is 5.13. The maximum atomic E-state index is 13.4. The summed E-state index contributed by atoms with van der Waals surface area (Å²) in [5.41, 5.74) is 0.907. The Morgan fingerprint density at radius 1 is 1.03 bits per heavy atom. The number of nitrogens with zero attached hydrogens (tertiary/aromatic N) is 1. The molecule has 3 heterocycles. The van der Waals surface area contributed by atoms with Crippen LogP contribution in [0.1, 0.15) is 28.0 Å². The largest absolute Gasteiger partial charge is 0.497 e. The molecule has 7 nitrogen and oxygen atoms in total. The van der Waals surface area contributed by atoms with Crippen molar-refractivity contribution in [3.05, 3.63) is 101 Å². The van der Waals surface area contributed by atoms with E-state index in [0.717, 1.165) is 16.2 Å². The van der Waals surface area contributed by atoms with Gasteiger partial charge in [-0.25, -0.2) is 0 Å². The van der Waals surface area contributed by atoms with E-state index >= 15 is 0 Å². The number of nitrogens with one attached hydrogen (secondary N) is 1. The van der Waals surface area contributed by atoms with Crippen LogP contribution >= 0.6 is 11.3 Å². The number of ether oxygens (including phenoxy) is 1. The minimum Gasteiger partial charge on any atom is -0.497 e. The van der Waals surface area contributed by atoms with E-state index in [4.69, 9.17) is 13.6 Å². The molecule has 3 aromatic heterocycles. The van der Waals surface area contributed by atoms with Crippen LogP contribution in [0.3, 0.4) is 0 Å². The maximum absolute atomic E-state index is 13.4. The zero-order valence-electron chi connectivity index (χ0n) is 18.1. The summed E-state index contributed by atoms with van der Waals surface area (Å²) in [6.07, 6.45) is 3.22. The van der Waals surface area contributed by atoms with Crippen molar-refractivity contribution in [2.75, 3.05) is 7.11 Å². The highest BCUT2D eigenvalue weighted by atomic mass is 32.1. The van der Waals surface area contributed by atoms with Gasteiger partial charge in [0.15, 0.2) is 6.04 Å². The lowest BCUT2D eigenvalue weighted by molar-refractivity contribution is -0.142. The van der Waals surface area contributed by atoms with Gasteiger partial charge in [-0.1, -0.05) is 18.2 Å². The van der Waals surface area contributed by atoms with Gasteiger partial charge in [0.2, 0.25) is 5.91 Å². The molecule has 1 N–H and O–H groups in total. The van der Waals surface area contributed by atoms with Crippen molar-refractivity contribution in [3.8, 4) is 5.75 Å². The summed E-state index contributed by atoms with van der Waals surface area (Å²) >= 11 is 1.50. The molecule has 0 unspecified atom stereocenters. The Kier molecular flexibility index (Phi) is 7.26. The van der Waals surface area contributed by atoms with Gasteiger partial charge in [0.25, 0.3) is 5.91 Å². The first-order chi connectivity index (χ1) is 16.1. The van der Waals surface area contributed by atoms with Crippen molar-refractivity contribution in [1.29, 1.82) is 0 Å². The molecule has 0 aliphatic rings. The number of methoxy groups -OCH3 is 1. The van der Waals surface area contributed by atoms with Gasteiger partial charge >= 0.3 is 0 Å². The number of hydrogen-bond donors (Lipinski definition) is 1. The molecule has 1 aromatic carbocycles. The second-order valence-electron chi connectivity index (χ2n) is 7.34. The fourth-order valence-electron chi connectivity index (χ4n) is 3.46. The second-order valence-corrected chi connectivity index (χ2v) is 8.37. The van der Waals surface area contributed by atoms with Crippen LogP contribution in [0, 0.1) is 0 Å². The number of carbonyl (C=O) groups excluding carboxylic acids is 2. The van der Waals surface area contributed by atoms with E-state index in [-0.39, 0.29) is 24.8 Å². The van der Waals surface area contributed by atoms with Gasteiger partial charge in [0.05, 0.1) is 32.6 Å². The van der Waals surface area contributed by atoms with Gasteiger partial charge in [-0.15, -0.1) is 11.3 Å². The van der Waals surface area contributed by atoms with E-state index in [0.29, 0.717) is 18.1 Å². The first-order valence-electron chi connectivity index (χ1n) is 10.4. The first kappa shape index (κ1) is 22.4. The van der Waals surface area contributed by atoms with Crippen molar-refractivity contribution in [2.24, 2.45) is 0 Å². The lowest BCUT2D eigenvalue weighted by Gasteiger charge is -2.29. The molecule has 8 heteroatoms. The van der Waals surface area contributed by atoms with Crippen molar-refractivity contribution in [1.82, 2.24) is 10.2 Å². The lowest BCUT2D eigenvalue weighted by Crippen LogP contribution is -2.43. The Morgan fingerprint density at radius 2 is 1.82 bits per heavy atom. The molecule has 0 fully saturated rings. The molecule has 33 heavy (non-hydrogen) atoms. The van der Waals surface area contributed by atoms with E-state index in [1.165, 1.54) is 22.5 Å². The van der Waals surface area contributed by atoms with Crippen LogP contribution in [0.25, 0.3) is 0 Å². The molecular weight excluding hydrogens is 440 g/mol. The molecule has 0 spiro atoms. The number of amides is 2. The normalized spacial score (nSPS) is 11.7. The number of thiophene rings is 1. The monoisotopic (exact) mass is 464 g/mol. The minimum absolute atomic E-state index is 0.137. The molecule has 0 saturated carbocycles. The summed E-state index contributed by atoms with van der Waals surface area (Å²) in [6, 6.07) is 17.2. The predicted molar refractivity (Wildman–Crippen MR) is 124 cm³/mol. The Balaban J connectivity index is 1.58. The summed E-state index contributed by atoms with van der Waals surface area (Å²) in [7, 11) is 1.60. The molecule has 0 aliphatic heterocycles. The number of benzene rings is 1. The van der Waals surface area contributed by atoms with Crippen molar-refractivity contribution >= 4 is 23.2 Å². The van der Waals surface area contributed by atoms with Crippen molar-refractivity contribution in [2.45, 2.75) is 25.6 Å². The Morgan fingerprint density at radius 3 is 2.45 bits per heavy atom. The van der Waals surface area contributed by atoms with E-state index < -0.39 is 6.04 Å². The lowest BCUT2D eigenvalue weighted by atomic mass is 10.1. The molecule has 0 aliphatic carbocycles. The number of rotatable bonds is 10.